The molecule has 0 fully saturated rings. The number of benzene rings is 2. The summed E-state index contributed by atoms with van der Waals surface area (Å²) in [6.45, 7) is 4.57. The molecule has 0 spiro atoms. The number of nitrogens with zero attached hydrogens (tertiary/aromatic N) is 3. The zero-order valence-electron chi connectivity index (χ0n) is 19.7. The highest BCUT2D eigenvalue weighted by atomic mass is 19.1. The van der Waals surface area contributed by atoms with Crippen LogP contribution in [0.15, 0.2) is 65.6 Å². The van der Waals surface area contributed by atoms with E-state index in [0.717, 1.165) is 5.56 Å². The Morgan fingerprint density at radius 2 is 1.83 bits per heavy atom. The Hall–Kier alpha value is -3.81. The van der Waals surface area contributed by atoms with Crippen LogP contribution >= 0.6 is 0 Å². The van der Waals surface area contributed by atoms with Crippen molar-refractivity contribution in [2.75, 3.05) is 18.3 Å². The molecule has 2 bridgehead atoms. The van der Waals surface area contributed by atoms with Crippen molar-refractivity contribution < 1.29 is 19.0 Å². The third-order valence-corrected chi connectivity index (χ3v) is 6.86. The maximum absolute atomic E-state index is 15.1. The number of fused-ring (bicyclic) bond motifs is 5. The number of pyridine rings is 1. The van der Waals surface area contributed by atoms with Crippen LogP contribution in [0, 0.1) is 11.7 Å². The Labute approximate surface area is 202 Å². The second-order valence-corrected chi connectivity index (χ2v) is 9.35. The second kappa shape index (κ2) is 9.09. The van der Waals surface area contributed by atoms with Gasteiger partial charge in [0.1, 0.15) is 12.7 Å². The molecule has 2 aliphatic heterocycles. The predicted octanol–water partition coefficient (Wildman–Crippen LogP) is 4.03. The van der Waals surface area contributed by atoms with Crippen molar-refractivity contribution >= 4 is 5.91 Å². The Morgan fingerprint density at radius 1 is 1.06 bits per heavy atom. The topological polar surface area (TPSA) is 75.0 Å². The van der Waals surface area contributed by atoms with Gasteiger partial charge >= 0.3 is 0 Å². The third-order valence-electron chi connectivity index (χ3n) is 6.86. The SMILES string of the molecule is CC(C)[C@@H]1CCCOc2c(F)cccc2[C@H](c2ccccc2)N2CN1C(=O)c1c(O)c(=O)ccn12. The van der Waals surface area contributed by atoms with Crippen LogP contribution in [0.1, 0.15) is 54.3 Å². The summed E-state index contributed by atoms with van der Waals surface area (Å²) in [6, 6.07) is 14.9. The van der Waals surface area contributed by atoms with Gasteiger partial charge in [-0.3, -0.25) is 19.3 Å². The van der Waals surface area contributed by atoms with Gasteiger partial charge in [-0.05, 0) is 30.4 Å². The van der Waals surface area contributed by atoms with Crippen LogP contribution < -0.4 is 15.2 Å². The lowest BCUT2D eigenvalue weighted by molar-refractivity contribution is 0.0510. The standard InChI is InChI=1S/C27H28FN3O4/c1-17(2)21-12-7-15-35-26-19(10-6-11-20(26)28)23(18-8-4-3-5-9-18)31-16-29(21)27(34)24-25(33)22(32)13-14-30(24)31/h3-6,8-11,13-14,17,21,23,33H,7,12,15-16H2,1-2H3/t21-,23-/m0/s1. The van der Waals surface area contributed by atoms with Gasteiger partial charge in [0.05, 0.1) is 6.61 Å². The molecule has 0 unspecified atom stereocenters. The van der Waals surface area contributed by atoms with Crippen molar-refractivity contribution in [3.63, 3.8) is 0 Å². The fraction of sp³-hybridized carbons (Fsp3) is 0.333. The van der Waals surface area contributed by atoms with Crippen molar-refractivity contribution in [2.24, 2.45) is 5.92 Å². The summed E-state index contributed by atoms with van der Waals surface area (Å²) in [5.74, 6) is -1.18. The molecule has 7 nitrogen and oxygen atoms in total. The number of hydrogen-bond acceptors (Lipinski definition) is 5. The van der Waals surface area contributed by atoms with Crippen LogP contribution in [0.2, 0.25) is 0 Å². The molecule has 8 heteroatoms. The summed E-state index contributed by atoms with van der Waals surface area (Å²) in [5, 5.41) is 12.6. The molecule has 1 amide bonds. The maximum atomic E-state index is 15.1. The minimum absolute atomic E-state index is 0.0894. The zero-order valence-corrected chi connectivity index (χ0v) is 19.7. The van der Waals surface area contributed by atoms with Gasteiger partial charge in [-0.1, -0.05) is 56.3 Å². The number of halogens is 1. The zero-order chi connectivity index (χ0) is 24.7. The predicted molar refractivity (Wildman–Crippen MR) is 130 cm³/mol. The van der Waals surface area contributed by atoms with E-state index in [2.05, 4.69) is 0 Å². The molecule has 35 heavy (non-hydrogen) atoms. The molecule has 3 heterocycles. The first kappa shape index (κ1) is 23.0. The number of aromatic nitrogens is 1. The van der Waals surface area contributed by atoms with Gasteiger partial charge < -0.3 is 14.7 Å². The first-order valence-electron chi connectivity index (χ1n) is 11.9. The molecule has 1 aromatic heterocycles. The van der Waals surface area contributed by atoms with Crippen LogP contribution in [-0.4, -0.2) is 39.9 Å². The molecule has 2 atom stereocenters. The number of rotatable bonds is 2. The Bertz CT molecular complexity index is 1310. The summed E-state index contributed by atoms with van der Waals surface area (Å²) >= 11 is 0. The van der Waals surface area contributed by atoms with E-state index < -0.39 is 28.9 Å². The highest BCUT2D eigenvalue weighted by Crippen LogP contribution is 2.39. The first-order valence-corrected chi connectivity index (χ1v) is 11.9. The highest BCUT2D eigenvalue weighted by Gasteiger charge is 2.41. The molecule has 5 rings (SSSR count). The van der Waals surface area contributed by atoms with Crippen molar-refractivity contribution in [1.29, 1.82) is 0 Å². The molecule has 0 saturated heterocycles. The Kier molecular flexibility index (Phi) is 5.96. The lowest BCUT2D eigenvalue weighted by Gasteiger charge is -2.47. The second-order valence-electron chi connectivity index (χ2n) is 9.35. The summed E-state index contributed by atoms with van der Waals surface area (Å²) in [4.78, 5) is 27.8. The van der Waals surface area contributed by atoms with Crippen molar-refractivity contribution in [3.05, 3.63) is 93.7 Å². The molecule has 182 valence electrons. The summed E-state index contributed by atoms with van der Waals surface area (Å²) < 4.78 is 22.7. The molecule has 2 aliphatic rings. The van der Waals surface area contributed by atoms with E-state index in [1.54, 1.807) is 11.0 Å². The van der Waals surface area contributed by atoms with Crippen molar-refractivity contribution in [1.82, 2.24) is 9.58 Å². The lowest BCUT2D eigenvalue weighted by Crippen LogP contribution is -2.59. The van der Waals surface area contributed by atoms with Gasteiger partial charge in [0.2, 0.25) is 5.43 Å². The number of ether oxygens (including phenoxy) is 1. The van der Waals surface area contributed by atoms with Gasteiger partial charge in [-0.2, -0.15) is 0 Å². The van der Waals surface area contributed by atoms with Gasteiger partial charge in [-0.15, -0.1) is 0 Å². The van der Waals surface area contributed by atoms with Crippen LogP contribution in [0.5, 0.6) is 11.5 Å². The van der Waals surface area contributed by atoms with Crippen LogP contribution in [0.25, 0.3) is 0 Å². The number of carbonyl (C=O) groups excluding carboxylic acids is 1. The van der Waals surface area contributed by atoms with E-state index in [1.807, 2.05) is 55.3 Å². The Balaban J connectivity index is 1.82. The van der Waals surface area contributed by atoms with Crippen LogP contribution in [-0.2, 0) is 0 Å². The average Bonchev–Trinajstić information content (AvgIpc) is 2.87. The number of hydrogen-bond donors (Lipinski definition) is 1. The monoisotopic (exact) mass is 477 g/mol. The molecule has 3 aromatic rings. The summed E-state index contributed by atoms with van der Waals surface area (Å²) in [7, 11) is 0. The molecule has 0 aliphatic carbocycles. The van der Waals surface area contributed by atoms with E-state index in [9.17, 15) is 14.7 Å². The minimum Gasteiger partial charge on any atom is -0.502 e. The summed E-state index contributed by atoms with van der Waals surface area (Å²) in [5.41, 5.74) is 0.732. The smallest absolute Gasteiger partial charge is 0.278 e. The van der Waals surface area contributed by atoms with Gasteiger partial charge in [-0.25, -0.2) is 4.39 Å². The quantitative estimate of drug-likeness (QED) is 0.603. The number of carbonyl (C=O) groups is 1. The van der Waals surface area contributed by atoms with E-state index >= 15 is 4.39 Å². The number of aromatic hydroxyl groups is 1. The van der Waals surface area contributed by atoms with E-state index in [0.29, 0.717) is 25.0 Å². The molecular weight excluding hydrogens is 449 g/mol. The lowest BCUT2D eigenvalue weighted by atomic mass is 9.95. The molecular formula is C27H28FN3O4. The molecule has 1 N–H and O–H groups in total. The minimum atomic E-state index is -0.622. The van der Waals surface area contributed by atoms with Crippen LogP contribution in [0.4, 0.5) is 4.39 Å². The van der Waals surface area contributed by atoms with Crippen LogP contribution in [0.3, 0.4) is 0 Å². The van der Waals surface area contributed by atoms with E-state index in [4.69, 9.17) is 4.74 Å². The number of para-hydroxylation sites is 1. The molecule has 2 aromatic carbocycles. The largest absolute Gasteiger partial charge is 0.502 e. The fourth-order valence-electron chi connectivity index (χ4n) is 5.17. The van der Waals surface area contributed by atoms with E-state index in [1.165, 1.54) is 23.0 Å². The van der Waals surface area contributed by atoms with Gasteiger partial charge in [0.15, 0.2) is 23.0 Å². The molecule has 0 radical (unpaired) electrons. The van der Waals surface area contributed by atoms with Gasteiger partial charge in [0, 0.05) is 23.9 Å². The average molecular weight is 478 g/mol. The highest BCUT2D eigenvalue weighted by molar-refractivity contribution is 5.96. The maximum Gasteiger partial charge on any atom is 0.278 e. The van der Waals surface area contributed by atoms with Crippen molar-refractivity contribution in [2.45, 2.75) is 38.8 Å². The van der Waals surface area contributed by atoms with Gasteiger partial charge in [0.25, 0.3) is 5.91 Å². The summed E-state index contributed by atoms with van der Waals surface area (Å²) in [6.07, 6.45) is 2.74. The normalized spacial score (nSPS) is 20.1. The first-order chi connectivity index (χ1) is 16.9. The fourth-order valence-corrected chi connectivity index (χ4v) is 5.17. The molecule has 0 saturated carbocycles. The number of amides is 1. The van der Waals surface area contributed by atoms with Crippen molar-refractivity contribution in [3.8, 4) is 11.5 Å². The third kappa shape index (κ3) is 3.92. The van der Waals surface area contributed by atoms with E-state index in [-0.39, 0.29) is 30.1 Å². The Morgan fingerprint density at radius 3 is 2.57 bits per heavy atom.